The molecule has 0 N–H and O–H groups in total. The Kier molecular flexibility index (Phi) is 6.32. The van der Waals surface area contributed by atoms with Gasteiger partial charge in [-0.25, -0.2) is 4.79 Å². The van der Waals surface area contributed by atoms with Crippen LogP contribution >= 0.6 is 11.6 Å². The second kappa shape index (κ2) is 9.56. The number of hydrogen-bond acceptors (Lipinski definition) is 6. The molecular formula is C28H24ClNO5. The van der Waals surface area contributed by atoms with E-state index in [0.29, 0.717) is 30.2 Å². The number of ether oxygens (including phenoxy) is 3. The lowest BCUT2D eigenvalue weighted by Crippen LogP contribution is -2.33. The first kappa shape index (κ1) is 23.1. The molecule has 0 aliphatic carbocycles. The number of allylic oxidation sites excluding steroid dienone is 1. The van der Waals surface area contributed by atoms with Crippen molar-refractivity contribution in [2.75, 3.05) is 20.4 Å². The molecule has 3 aromatic carbocycles. The number of fused-ring (bicyclic) bond motifs is 3. The summed E-state index contributed by atoms with van der Waals surface area (Å²) in [5.74, 6) is 1.00. The fraction of sp³-hybridized carbons (Fsp3) is 0.214. The summed E-state index contributed by atoms with van der Waals surface area (Å²) in [7, 11) is 1.34. The Labute approximate surface area is 208 Å². The van der Waals surface area contributed by atoms with Gasteiger partial charge in [-0.15, -0.1) is 0 Å². The Bertz CT molecular complexity index is 1330. The number of carbonyl (C=O) groups is 2. The lowest BCUT2D eigenvalue weighted by Gasteiger charge is -2.30. The molecule has 0 bridgehead atoms. The molecule has 0 saturated carbocycles. The number of esters is 1. The maximum Gasteiger partial charge on any atom is 0.337 e. The molecule has 0 radical (unpaired) electrons. The van der Waals surface area contributed by atoms with E-state index in [0.717, 1.165) is 40.4 Å². The molecule has 0 unspecified atom stereocenters. The second-order valence-electron chi connectivity index (χ2n) is 8.63. The summed E-state index contributed by atoms with van der Waals surface area (Å²) in [6.45, 7) is 3.79. The van der Waals surface area contributed by atoms with Gasteiger partial charge in [0.05, 0.1) is 23.8 Å². The fourth-order valence-electron chi connectivity index (χ4n) is 4.34. The van der Waals surface area contributed by atoms with Crippen LogP contribution in [0.5, 0.6) is 11.5 Å². The van der Waals surface area contributed by atoms with Crippen LogP contribution in [0, 0.1) is 6.92 Å². The number of halogens is 1. The van der Waals surface area contributed by atoms with E-state index in [2.05, 4.69) is 4.90 Å². The van der Waals surface area contributed by atoms with E-state index in [9.17, 15) is 9.59 Å². The van der Waals surface area contributed by atoms with E-state index in [4.69, 9.17) is 25.8 Å². The molecule has 0 atom stereocenters. The number of ketones is 1. The van der Waals surface area contributed by atoms with Crippen molar-refractivity contribution < 1.29 is 23.8 Å². The van der Waals surface area contributed by atoms with E-state index in [1.807, 2.05) is 37.3 Å². The van der Waals surface area contributed by atoms with Gasteiger partial charge in [0.15, 0.2) is 5.76 Å². The minimum Gasteiger partial charge on any atom is -0.478 e. The molecule has 5 rings (SSSR count). The first-order chi connectivity index (χ1) is 16.9. The lowest BCUT2D eigenvalue weighted by atomic mass is 9.98. The minimum absolute atomic E-state index is 0.157. The summed E-state index contributed by atoms with van der Waals surface area (Å²) >= 11 is 5.99. The van der Waals surface area contributed by atoms with Crippen LogP contribution in [0.2, 0.25) is 5.02 Å². The molecule has 0 saturated heterocycles. The molecule has 0 amide bonds. The maximum absolute atomic E-state index is 13.2. The van der Waals surface area contributed by atoms with Crippen LogP contribution in [-0.4, -0.2) is 37.0 Å². The summed E-state index contributed by atoms with van der Waals surface area (Å²) in [4.78, 5) is 27.1. The minimum atomic E-state index is -0.410. The Hall–Kier alpha value is -3.61. The van der Waals surface area contributed by atoms with Gasteiger partial charge in [-0.3, -0.25) is 9.69 Å². The first-order valence-electron chi connectivity index (χ1n) is 11.3. The summed E-state index contributed by atoms with van der Waals surface area (Å²) in [6, 6.07) is 16.6. The summed E-state index contributed by atoms with van der Waals surface area (Å²) in [5.41, 5.74) is 4.67. The Balaban J connectivity index is 1.36. The zero-order valence-corrected chi connectivity index (χ0v) is 20.2. The van der Waals surface area contributed by atoms with E-state index in [1.54, 1.807) is 30.3 Å². The largest absolute Gasteiger partial charge is 0.478 e. The van der Waals surface area contributed by atoms with Crippen molar-refractivity contribution in [3.05, 3.63) is 98.8 Å². The van der Waals surface area contributed by atoms with Gasteiger partial charge in [-0.1, -0.05) is 35.9 Å². The fourth-order valence-corrected chi connectivity index (χ4v) is 4.47. The quantitative estimate of drug-likeness (QED) is 0.351. The average Bonchev–Trinajstić information content (AvgIpc) is 3.20. The molecule has 0 spiro atoms. The van der Waals surface area contributed by atoms with Crippen LogP contribution in [0.1, 0.15) is 43.0 Å². The number of rotatable bonds is 5. The molecule has 0 aromatic heterocycles. The highest BCUT2D eigenvalue weighted by molar-refractivity contribution is 6.30. The Morgan fingerprint density at radius 3 is 2.60 bits per heavy atom. The number of methoxy groups -OCH3 is 1. The van der Waals surface area contributed by atoms with Gasteiger partial charge in [0.25, 0.3) is 0 Å². The third-order valence-electron chi connectivity index (χ3n) is 6.25. The topological polar surface area (TPSA) is 65.1 Å². The van der Waals surface area contributed by atoms with Crippen molar-refractivity contribution in [1.82, 2.24) is 4.90 Å². The highest BCUT2D eigenvalue weighted by atomic mass is 35.5. The molecule has 2 aliphatic rings. The monoisotopic (exact) mass is 489 g/mol. The van der Waals surface area contributed by atoms with Crippen molar-refractivity contribution in [3.63, 3.8) is 0 Å². The number of benzene rings is 3. The zero-order chi connectivity index (χ0) is 24.5. The van der Waals surface area contributed by atoms with Gasteiger partial charge >= 0.3 is 5.97 Å². The zero-order valence-electron chi connectivity index (χ0n) is 19.5. The van der Waals surface area contributed by atoms with Gasteiger partial charge in [-0.2, -0.15) is 0 Å². The normalized spacial score (nSPS) is 15.9. The Morgan fingerprint density at radius 1 is 1.14 bits per heavy atom. The molecule has 3 aromatic rings. The number of hydrogen-bond donors (Lipinski definition) is 0. The smallest absolute Gasteiger partial charge is 0.337 e. The van der Waals surface area contributed by atoms with Gasteiger partial charge in [0.1, 0.15) is 18.2 Å². The first-order valence-corrected chi connectivity index (χ1v) is 11.7. The molecule has 2 aliphatic heterocycles. The molecule has 0 fully saturated rings. The van der Waals surface area contributed by atoms with Crippen LogP contribution < -0.4 is 9.47 Å². The standard InChI is InChI=1S/C28H24ClNO5/c1-17-13-23-22(15-30(16-34-23)12-11-18-5-9-21(29)10-6-18)27-25(17)26(31)24(35-27)14-19-3-7-20(8-4-19)28(32)33-2/h3-10,13-14H,11-12,15-16H2,1-2H3/b24-14+. The molecule has 178 valence electrons. The van der Waals surface area contributed by atoms with Crippen LogP contribution in [0.3, 0.4) is 0 Å². The van der Waals surface area contributed by atoms with Gasteiger partial charge in [0, 0.05) is 18.1 Å². The van der Waals surface area contributed by atoms with Crippen molar-refractivity contribution in [2.24, 2.45) is 0 Å². The predicted molar refractivity (Wildman–Crippen MR) is 133 cm³/mol. The SMILES string of the molecule is COC(=O)c1ccc(/C=C2/Oc3c4c(cc(C)c3C2=O)OCN(CCc2ccc(Cl)cc2)C4)cc1. The van der Waals surface area contributed by atoms with Crippen LogP contribution in [-0.2, 0) is 17.7 Å². The molecule has 35 heavy (non-hydrogen) atoms. The summed E-state index contributed by atoms with van der Waals surface area (Å²) in [6.07, 6.45) is 2.55. The molecule has 6 nitrogen and oxygen atoms in total. The van der Waals surface area contributed by atoms with Crippen molar-refractivity contribution in [2.45, 2.75) is 19.9 Å². The Morgan fingerprint density at radius 2 is 1.89 bits per heavy atom. The third kappa shape index (κ3) is 4.67. The highest BCUT2D eigenvalue weighted by Crippen LogP contribution is 2.44. The van der Waals surface area contributed by atoms with Crippen LogP contribution in [0.25, 0.3) is 6.08 Å². The summed E-state index contributed by atoms with van der Waals surface area (Å²) < 4.78 is 16.9. The highest BCUT2D eigenvalue weighted by Gasteiger charge is 2.35. The van der Waals surface area contributed by atoms with Crippen LogP contribution in [0.15, 0.2) is 60.4 Å². The van der Waals surface area contributed by atoms with Crippen molar-refractivity contribution in [3.8, 4) is 11.5 Å². The second-order valence-corrected chi connectivity index (χ2v) is 9.07. The van der Waals surface area contributed by atoms with Gasteiger partial charge in [-0.05, 0) is 66.4 Å². The summed E-state index contributed by atoms with van der Waals surface area (Å²) in [5, 5.41) is 0.722. The number of Topliss-reactive ketones (excluding diaryl/α,β-unsaturated/α-hetero) is 1. The van der Waals surface area contributed by atoms with Gasteiger partial charge in [0.2, 0.25) is 5.78 Å². The maximum atomic E-state index is 13.2. The van der Waals surface area contributed by atoms with E-state index >= 15 is 0 Å². The molecule has 2 heterocycles. The number of carbonyl (C=O) groups excluding carboxylic acids is 2. The molecule has 7 heteroatoms. The van der Waals surface area contributed by atoms with E-state index < -0.39 is 5.97 Å². The van der Waals surface area contributed by atoms with Crippen molar-refractivity contribution in [1.29, 1.82) is 0 Å². The van der Waals surface area contributed by atoms with Gasteiger partial charge < -0.3 is 14.2 Å². The predicted octanol–water partition coefficient (Wildman–Crippen LogP) is 5.45. The van der Waals surface area contributed by atoms with E-state index in [-0.39, 0.29) is 11.5 Å². The average molecular weight is 490 g/mol. The van der Waals surface area contributed by atoms with E-state index in [1.165, 1.54) is 12.7 Å². The third-order valence-corrected chi connectivity index (χ3v) is 6.50. The number of aryl methyl sites for hydroxylation is 1. The van der Waals surface area contributed by atoms with Crippen LogP contribution in [0.4, 0.5) is 0 Å². The van der Waals surface area contributed by atoms with Crippen molar-refractivity contribution >= 4 is 29.4 Å². The number of nitrogens with zero attached hydrogens (tertiary/aromatic N) is 1. The molecular weight excluding hydrogens is 466 g/mol. The lowest BCUT2D eigenvalue weighted by molar-refractivity contribution is 0.0600.